The van der Waals surface area contributed by atoms with Crippen LogP contribution in [0, 0.1) is 0 Å². The zero-order chi connectivity index (χ0) is 10.1. The number of anilines is 1. The van der Waals surface area contributed by atoms with Gasteiger partial charge in [-0.15, -0.1) is 0 Å². The minimum atomic E-state index is -0.139. The van der Waals surface area contributed by atoms with E-state index in [4.69, 9.17) is 5.73 Å². The molecule has 6 heteroatoms. The van der Waals surface area contributed by atoms with Crippen molar-refractivity contribution in [3.63, 3.8) is 0 Å². The number of rotatable bonds is 2. The number of fused-ring (bicyclic) bond motifs is 1. The molecule has 0 aliphatic heterocycles. The molecule has 6 nitrogen and oxygen atoms in total. The third-order valence-electron chi connectivity index (χ3n) is 1.98. The summed E-state index contributed by atoms with van der Waals surface area (Å²) in [5.74, 6) is 0.569. The molecular weight excluding hydrogens is 180 g/mol. The summed E-state index contributed by atoms with van der Waals surface area (Å²) in [7, 11) is 1.77. The Kier molecular flexibility index (Phi) is 2.05. The van der Waals surface area contributed by atoms with Gasteiger partial charge < -0.3 is 11.1 Å². The van der Waals surface area contributed by atoms with Gasteiger partial charge in [-0.1, -0.05) is 0 Å². The highest BCUT2D eigenvalue weighted by Crippen LogP contribution is 2.13. The van der Waals surface area contributed by atoms with E-state index in [2.05, 4.69) is 20.3 Å². The maximum atomic E-state index is 5.76. The fraction of sp³-hybridized carbons (Fsp3) is 0.375. The second-order valence-corrected chi connectivity index (χ2v) is 3.04. The van der Waals surface area contributed by atoms with Gasteiger partial charge in [-0.25, -0.2) is 9.97 Å². The number of aromatic nitrogens is 4. The molecule has 14 heavy (non-hydrogen) atoms. The zero-order valence-electron chi connectivity index (χ0n) is 8.10. The highest BCUT2D eigenvalue weighted by molar-refractivity contribution is 5.70. The van der Waals surface area contributed by atoms with Gasteiger partial charge in [0, 0.05) is 7.05 Å². The summed E-state index contributed by atoms with van der Waals surface area (Å²) < 4.78 is 1.80. The lowest BCUT2D eigenvalue weighted by Crippen LogP contribution is -2.14. The first-order valence-corrected chi connectivity index (χ1v) is 4.35. The van der Waals surface area contributed by atoms with Crippen molar-refractivity contribution < 1.29 is 0 Å². The molecule has 0 fully saturated rings. The van der Waals surface area contributed by atoms with Crippen molar-refractivity contribution >= 4 is 17.1 Å². The summed E-state index contributed by atoms with van der Waals surface area (Å²) in [4.78, 5) is 12.5. The standard InChI is InChI=1S/C8H12N6/c1-5(9)14-4-12-6-3-11-8(10-2)13-7(6)14/h3-5H,9H2,1-2H3,(H,10,11,13). The number of nitrogens with zero attached hydrogens (tertiary/aromatic N) is 4. The molecule has 0 saturated carbocycles. The van der Waals surface area contributed by atoms with Gasteiger partial charge in [0.25, 0.3) is 0 Å². The van der Waals surface area contributed by atoms with E-state index < -0.39 is 0 Å². The average molecular weight is 192 g/mol. The SMILES string of the molecule is CNc1ncc2ncn(C(C)N)c2n1. The van der Waals surface area contributed by atoms with Crippen LogP contribution >= 0.6 is 0 Å². The molecule has 3 N–H and O–H groups in total. The Hall–Kier alpha value is -1.69. The third-order valence-corrected chi connectivity index (χ3v) is 1.98. The van der Waals surface area contributed by atoms with Gasteiger partial charge in [-0.05, 0) is 6.92 Å². The van der Waals surface area contributed by atoms with Gasteiger partial charge in [0.15, 0.2) is 5.65 Å². The van der Waals surface area contributed by atoms with Crippen molar-refractivity contribution in [1.29, 1.82) is 0 Å². The van der Waals surface area contributed by atoms with Gasteiger partial charge in [-0.2, -0.15) is 4.98 Å². The van der Waals surface area contributed by atoms with E-state index in [0.717, 1.165) is 11.2 Å². The van der Waals surface area contributed by atoms with Crippen molar-refractivity contribution in [2.24, 2.45) is 5.73 Å². The lowest BCUT2D eigenvalue weighted by Gasteiger charge is -2.07. The van der Waals surface area contributed by atoms with Crippen LogP contribution in [0.5, 0.6) is 0 Å². The van der Waals surface area contributed by atoms with Crippen LogP contribution in [-0.4, -0.2) is 26.6 Å². The molecule has 0 aliphatic carbocycles. The topological polar surface area (TPSA) is 81.7 Å². The van der Waals surface area contributed by atoms with Crippen molar-refractivity contribution in [1.82, 2.24) is 19.5 Å². The molecule has 2 rings (SSSR count). The van der Waals surface area contributed by atoms with E-state index in [1.54, 1.807) is 24.1 Å². The molecule has 0 amide bonds. The smallest absolute Gasteiger partial charge is 0.224 e. The maximum Gasteiger partial charge on any atom is 0.224 e. The molecular formula is C8H12N6. The molecule has 0 saturated heterocycles. The van der Waals surface area contributed by atoms with E-state index in [1.807, 2.05) is 6.92 Å². The first-order chi connectivity index (χ1) is 6.72. The van der Waals surface area contributed by atoms with Crippen LogP contribution in [-0.2, 0) is 0 Å². The largest absolute Gasteiger partial charge is 0.357 e. The zero-order valence-corrected chi connectivity index (χ0v) is 8.10. The van der Waals surface area contributed by atoms with Gasteiger partial charge in [0.2, 0.25) is 5.95 Å². The van der Waals surface area contributed by atoms with Gasteiger partial charge in [0.05, 0.1) is 18.7 Å². The van der Waals surface area contributed by atoms with Gasteiger partial charge in [-0.3, -0.25) is 4.57 Å². The van der Waals surface area contributed by atoms with Crippen LogP contribution in [0.2, 0.25) is 0 Å². The van der Waals surface area contributed by atoms with Gasteiger partial charge in [0.1, 0.15) is 5.52 Å². The normalized spacial score (nSPS) is 13.1. The first-order valence-electron chi connectivity index (χ1n) is 4.35. The van der Waals surface area contributed by atoms with E-state index in [0.29, 0.717) is 5.95 Å². The minimum Gasteiger partial charge on any atom is -0.357 e. The van der Waals surface area contributed by atoms with Crippen LogP contribution in [0.1, 0.15) is 13.1 Å². The van der Waals surface area contributed by atoms with Crippen LogP contribution < -0.4 is 11.1 Å². The lowest BCUT2D eigenvalue weighted by molar-refractivity contribution is 0.583. The van der Waals surface area contributed by atoms with Crippen LogP contribution in [0.4, 0.5) is 5.95 Å². The van der Waals surface area contributed by atoms with Crippen LogP contribution in [0.15, 0.2) is 12.5 Å². The predicted octanol–water partition coefficient (Wildman–Crippen LogP) is 0.345. The van der Waals surface area contributed by atoms with Crippen LogP contribution in [0.25, 0.3) is 11.2 Å². The molecule has 2 aromatic heterocycles. The molecule has 0 aromatic carbocycles. The number of hydrogen-bond donors (Lipinski definition) is 2. The van der Waals surface area contributed by atoms with Crippen molar-refractivity contribution in [2.75, 3.05) is 12.4 Å². The van der Waals surface area contributed by atoms with Crippen molar-refractivity contribution in [3.05, 3.63) is 12.5 Å². The fourth-order valence-corrected chi connectivity index (χ4v) is 1.25. The highest BCUT2D eigenvalue weighted by Gasteiger charge is 2.07. The summed E-state index contributed by atoms with van der Waals surface area (Å²) in [5.41, 5.74) is 7.26. The van der Waals surface area contributed by atoms with E-state index in [1.165, 1.54) is 0 Å². The monoisotopic (exact) mass is 192 g/mol. The molecule has 2 heterocycles. The summed E-state index contributed by atoms with van der Waals surface area (Å²) in [6.45, 7) is 1.88. The number of hydrogen-bond acceptors (Lipinski definition) is 5. The Morgan fingerprint density at radius 1 is 1.50 bits per heavy atom. The molecule has 0 bridgehead atoms. The summed E-state index contributed by atoms with van der Waals surface area (Å²) in [6.07, 6.45) is 3.20. The Labute approximate surface area is 81.2 Å². The quantitative estimate of drug-likeness (QED) is 0.717. The average Bonchev–Trinajstić information content (AvgIpc) is 2.59. The number of imidazole rings is 1. The Morgan fingerprint density at radius 3 is 2.93 bits per heavy atom. The first kappa shape index (κ1) is 8.89. The Bertz CT molecular complexity index is 446. The maximum absolute atomic E-state index is 5.76. The van der Waals surface area contributed by atoms with Crippen LogP contribution in [0.3, 0.4) is 0 Å². The molecule has 1 atom stereocenters. The van der Waals surface area contributed by atoms with Crippen molar-refractivity contribution in [2.45, 2.75) is 13.1 Å². The third kappa shape index (κ3) is 1.29. The molecule has 0 aliphatic rings. The Morgan fingerprint density at radius 2 is 2.29 bits per heavy atom. The molecule has 2 aromatic rings. The summed E-state index contributed by atoms with van der Waals surface area (Å²) >= 11 is 0. The second-order valence-electron chi connectivity index (χ2n) is 3.04. The lowest BCUT2D eigenvalue weighted by atomic mass is 10.5. The van der Waals surface area contributed by atoms with E-state index in [-0.39, 0.29) is 6.17 Å². The van der Waals surface area contributed by atoms with Gasteiger partial charge >= 0.3 is 0 Å². The Balaban J connectivity index is 2.63. The predicted molar refractivity (Wildman–Crippen MR) is 53.8 cm³/mol. The number of nitrogens with two attached hydrogens (primary N) is 1. The van der Waals surface area contributed by atoms with E-state index in [9.17, 15) is 0 Å². The second kappa shape index (κ2) is 3.22. The highest BCUT2D eigenvalue weighted by atomic mass is 15.2. The molecule has 0 spiro atoms. The molecule has 1 unspecified atom stereocenters. The fourth-order valence-electron chi connectivity index (χ4n) is 1.25. The molecule has 74 valence electrons. The number of nitrogens with one attached hydrogen (secondary N) is 1. The van der Waals surface area contributed by atoms with E-state index >= 15 is 0 Å². The minimum absolute atomic E-state index is 0.139. The summed E-state index contributed by atoms with van der Waals surface area (Å²) in [5, 5.41) is 2.87. The van der Waals surface area contributed by atoms with Crippen molar-refractivity contribution in [3.8, 4) is 0 Å². The molecule has 0 radical (unpaired) electrons. The summed E-state index contributed by atoms with van der Waals surface area (Å²) in [6, 6.07) is 0.